The molecule has 0 spiro atoms. The van der Waals surface area contributed by atoms with Crippen LogP contribution in [0.1, 0.15) is 41.5 Å². The Morgan fingerprint density at radius 2 is 1.75 bits per heavy atom. The summed E-state index contributed by atoms with van der Waals surface area (Å²) in [6.45, 7) is 5.34. The Kier molecular flexibility index (Phi) is 3.70. The van der Waals surface area contributed by atoms with Gasteiger partial charge >= 0.3 is 5.97 Å². The standard InChI is InChI=1S/C12H13ClO3/c1-12(2,3)16-11(15)9-6-4-5-8(7-9)10(13)14/h4-7H,1-3H3. The van der Waals surface area contributed by atoms with Crippen molar-refractivity contribution in [3.05, 3.63) is 35.4 Å². The van der Waals surface area contributed by atoms with E-state index in [2.05, 4.69) is 0 Å². The fourth-order valence-electron chi connectivity index (χ4n) is 1.11. The van der Waals surface area contributed by atoms with E-state index in [1.54, 1.807) is 39.0 Å². The van der Waals surface area contributed by atoms with E-state index in [4.69, 9.17) is 16.3 Å². The maximum absolute atomic E-state index is 11.7. The molecule has 0 saturated carbocycles. The molecule has 0 unspecified atom stereocenters. The smallest absolute Gasteiger partial charge is 0.338 e. The van der Waals surface area contributed by atoms with Crippen LogP contribution >= 0.6 is 11.6 Å². The third-order valence-electron chi connectivity index (χ3n) is 1.72. The Hall–Kier alpha value is -1.35. The lowest BCUT2D eigenvalue weighted by molar-refractivity contribution is 0.00695. The van der Waals surface area contributed by atoms with Gasteiger partial charge in [-0.15, -0.1) is 0 Å². The third-order valence-corrected chi connectivity index (χ3v) is 1.94. The molecule has 0 bridgehead atoms. The van der Waals surface area contributed by atoms with Crippen LogP contribution in [0.15, 0.2) is 24.3 Å². The predicted octanol–water partition coefficient (Wildman–Crippen LogP) is 3.02. The highest BCUT2D eigenvalue weighted by Crippen LogP contribution is 2.14. The van der Waals surface area contributed by atoms with Crippen LogP contribution in [0.25, 0.3) is 0 Å². The quantitative estimate of drug-likeness (QED) is 0.590. The topological polar surface area (TPSA) is 43.4 Å². The van der Waals surface area contributed by atoms with Crippen LogP contribution in [0, 0.1) is 0 Å². The summed E-state index contributed by atoms with van der Waals surface area (Å²) >= 11 is 5.32. The minimum atomic E-state index is -0.592. The fraction of sp³-hybridized carbons (Fsp3) is 0.333. The number of hydrogen-bond donors (Lipinski definition) is 0. The molecule has 1 aromatic carbocycles. The van der Waals surface area contributed by atoms with Gasteiger partial charge in [-0.3, -0.25) is 4.79 Å². The number of rotatable bonds is 2. The van der Waals surface area contributed by atoms with Gasteiger partial charge in [0.15, 0.2) is 0 Å². The molecule has 0 aliphatic carbocycles. The summed E-state index contributed by atoms with van der Waals surface area (Å²) in [5.74, 6) is -0.465. The zero-order valence-corrected chi connectivity index (χ0v) is 10.2. The lowest BCUT2D eigenvalue weighted by Crippen LogP contribution is -2.23. The number of hydrogen-bond acceptors (Lipinski definition) is 3. The first kappa shape index (κ1) is 12.7. The maximum Gasteiger partial charge on any atom is 0.338 e. The van der Waals surface area contributed by atoms with E-state index < -0.39 is 16.8 Å². The average molecular weight is 241 g/mol. The van der Waals surface area contributed by atoms with Crippen LogP contribution in [-0.4, -0.2) is 16.8 Å². The molecule has 0 heterocycles. The van der Waals surface area contributed by atoms with Crippen molar-refractivity contribution >= 4 is 22.8 Å². The second kappa shape index (κ2) is 4.66. The zero-order valence-electron chi connectivity index (χ0n) is 9.41. The van der Waals surface area contributed by atoms with Gasteiger partial charge in [0.05, 0.1) is 5.56 Å². The van der Waals surface area contributed by atoms with Gasteiger partial charge in [0.25, 0.3) is 5.24 Å². The Morgan fingerprint density at radius 1 is 1.19 bits per heavy atom. The largest absolute Gasteiger partial charge is 0.456 e. The molecule has 1 rings (SSSR count). The molecule has 4 heteroatoms. The first-order chi connectivity index (χ1) is 7.29. The van der Waals surface area contributed by atoms with Gasteiger partial charge in [-0.2, -0.15) is 0 Å². The van der Waals surface area contributed by atoms with Crippen molar-refractivity contribution in [3.8, 4) is 0 Å². The first-order valence-corrected chi connectivity index (χ1v) is 5.20. The average Bonchev–Trinajstić information content (AvgIpc) is 2.15. The van der Waals surface area contributed by atoms with Crippen molar-refractivity contribution in [3.63, 3.8) is 0 Å². The van der Waals surface area contributed by atoms with Gasteiger partial charge in [0.1, 0.15) is 5.60 Å². The summed E-state index contributed by atoms with van der Waals surface area (Å²) in [6.07, 6.45) is 0. The highest BCUT2D eigenvalue weighted by Gasteiger charge is 2.18. The maximum atomic E-state index is 11.7. The van der Waals surface area contributed by atoms with Gasteiger partial charge in [-0.25, -0.2) is 4.79 Å². The van der Waals surface area contributed by atoms with E-state index >= 15 is 0 Å². The number of carbonyl (C=O) groups excluding carboxylic acids is 2. The van der Waals surface area contributed by atoms with Gasteiger partial charge in [0.2, 0.25) is 0 Å². The molecule has 0 radical (unpaired) electrons. The molecule has 0 atom stereocenters. The third kappa shape index (κ3) is 3.66. The lowest BCUT2D eigenvalue weighted by atomic mass is 10.1. The molecular formula is C12H13ClO3. The Labute approximate surface area is 99.4 Å². The summed E-state index contributed by atoms with van der Waals surface area (Å²) in [5.41, 5.74) is 0.0457. The van der Waals surface area contributed by atoms with E-state index in [1.165, 1.54) is 6.07 Å². The minimum Gasteiger partial charge on any atom is -0.456 e. The van der Waals surface area contributed by atoms with Crippen molar-refractivity contribution in [2.24, 2.45) is 0 Å². The van der Waals surface area contributed by atoms with E-state index in [1.807, 2.05) is 0 Å². The molecule has 0 N–H and O–H groups in total. The van der Waals surface area contributed by atoms with E-state index in [0.29, 0.717) is 5.56 Å². The Morgan fingerprint density at radius 3 is 2.25 bits per heavy atom. The van der Waals surface area contributed by atoms with E-state index in [-0.39, 0.29) is 5.56 Å². The summed E-state index contributed by atoms with van der Waals surface area (Å²) in [6, 6.07) is 6.14. The molecule has 0 aromatic heterocycles. The number of ether oxygens (including phenoxy) is 1. The van der Waals surface area contributed by atoms with Crippen LogP contribution in [0.5, 0.6) is 0 Å². The monoisotopic (exact) mass is 240 g/mol. The Bertz CT molecular complexity index is 419. The molecule has 3 nitrogen and oxygen atoms in total. The van der Waals surface area contributed by atoms with Crippen LogP contribution in [0.3, 0.4) is 0 Å². The molecule has 0 aliphatic heterocycles. The van der Waals surface area contributed by atoms with Crippen LogP contribution in [0.2, 0.25) is 0 Å². The van der Waals surface area contributed by atoms with Crippen LogP contribution < -0.4 is 0 Å². The van der Waals surface area contributed by atoms with E-state index in [0.717, 1.165) is 0 Å². The van der Waals surface area contributed by atoms with Crippen molar-refractivity contribution in [2.75, 3.05) is 0 Å². The number of esters is 1. The molecule has 1 aromatic rings. The molecule has 0 saturated heterocycles. The van der Waals surface area contributed by atoms with Gasteiger partial charge in [-0.05, 0) is 44.5 Å². The summed E-state index contributed by atoms with van der Waals surface area (Å²) in [7, 11) is 0. The number of carbonyl (C=O) groups is 2. The highest BCUT2D eigenvalue weighted by molar-refractivity contribution is 6.67. The lowest BCUT2D eigenvalue weighted by Gasteiger charge is -2.19. The van der Waals surface area contributed by atoms with Crippen molar-refractivity contribution in [1.82, 2.24) is 0 Å². The first-order valence-electron chi connectivity index (χ1n) is 4.83. The second-order valence-corrected chi connectivity index (χ2v) is 4.70. The normalized spacial score (nSPS) is 11.0. The molecule has 16 heavy (non-hydrogen) atoms. The van der Waals surface area contributed by atoms with Crippen molar-refractivity contribution < 1.29 is 14.3 Å². The number of benzene rings is 1. The zero-order chi connectivity index (χ0) is 12.3. The summed E-state index contributed by atoms with van der Waals surface area (Å²) in [5, 5.41) is -0.592. The minimum absolute atomic E-state index is 0.282. The SMILES string of the molecule is CC(C)(C)OC(=O)c1cccc(C(=O)Cl)c1. The van der Waals surface area contributed by atoms with Gasteiger partial charge in [0, 0.05) is 5.56 Å². The Balaban J connectivity index is 2.92. The van der Waals surface area contributed by atoms with E-state index in [9.17, 15) is 9.59 Å². The van der Waals surface area contributed by atoms with Crippen LogP contribution in [0.4, 0.5) is 0 Å². The van der Waals surface area contributed by atoms with Crippen molar-refractivity contribution in [1.29, 1.82) is 0 Å². The van der Waals surface area contributed by atoms with Gasteiger partial charge in [-0.1, -0.05) is 12.1 Å². The molecule has 0 fully saturated rings. The number of halogens is 1. The molecule has 0 amide bonds. The second-order valence-electron chi connectivity index (χ2n) is 4.36. The summed E-state index contributed by atoms with van der Waals surface area (Å²) < 4.78 is 5.17. The van der Waals surface area contributed by atoms with Crippen LogP contribution in [-0.2, 0) is 4.74 Å². The van der Waals surface area contributed by atoms with Crippen molar-refractivity contribution in [2.45, 2.75) is 26.4 Å². The molecule has 86 valence electrons. The highest BCUT2D eigenvalue weighted by atomic mass is 35.5. The summed E-state index contributed by atoms with van der Waals surface area (Å²) in [4.78, 5) is 22.6. The van der Waals surface area contributed by atoms with Gasteiger partial charge < -0.3 is 4.74 Å². The fourth-order valence-corrected chi connectivity index (χ4v) is 1.22. The molecule has 0 aliphatic rings. The predicted molar refractivity (Wildman–Crippen MR) is 61.8 cm³/mol. The molecular weight excluding hydrogens is 228 g/mol.